The molecule has 0 aliphatic carbocycles. The minimum absolute atomic E-state index is 0.147. The maximum absolute atomic E-state index is 11.8. The molecule has 2 rings (SSSR count). The highest BCUT2D eigenvalue weighted by atomic mass is 35.5. The Hall–Kier alpha value is -1.91. The van der Waals surface area contributed by atoms with E-state index in [1.54, 1.807) is 30.3 Å². The average molecular weight is 325 g/mol. The summed E-state index contributed by atoms with van der Waals surface area (Å²) in [6, 6.07) is 10.2. The molecule has 110 valence electrons. The first-order chi connectivity index (χ1) is 9.95. The topological polar surface area (TPSA) is 64.3 Å². The molecule has 0 spiro atoms. The van der Waals surface area contributed by atoms with Gasteiger partial charge in [-0.2, -0.15) is 0 Å². The molecular weight excluding hydrogens is 311 g/mol. The maximum Gasteiger partial charge on any atom is 0.262 e. The van der Waals surface area contributed by atoms with Gasteiger partial charge in [-0.3, -0.25) is 4.79 Å². The lowest BCUT2D eigenvalue weighted by Gasteiger charge is -2.10. The summed E-state index contributed by atoms with van der Waals surface area (Å²) in [5.41, 5.74) is 7.62. The normalized spacial score (nSPS) is 10.2. The van der Waals surface area contributed by atoms with Crippen LogP contribution < -0.4 is 15.8 Å². The highest BCUT2D eigenvalue weighted by molar-refractivity contribution is 6.33. The summed E-state index contributed by atoms with van der Waals surface area (Å²) in [5.74, 6) is 0.164. The Morgan fingerprint density at radius 2 is 1.90 bits per heavy atom. The third-order valence-electron chi connectivity index (χ3n) is 2.73. The fourth-order valence-electron chi connectivity index (χ4n) is 1.68. The van der Waals surface area contributed by atoms with E-state index in [0.29, 0.717) is 27.2 Å². The maximum atomic E-state index is 11.8. The van der Waals surface area contributed by atoms with Crippen molar-refractivity contribution in [2.24, 2.45) is 0 Å². The summed E-state index contributed by atoms with van der Waals surface area (Å²) in [6.07, 6.45) is 0. The van der Waals surface area contributed by atoms with Gasteiger partial charge in [-0.15, -0.1) is 0 Å². The number of nitrogens with one attached hydrogen (secondary N) is 1. The third-order valence-corrected chi connectivity index (χ3v) is 3.38. The first-order valence-electron chi connectivity index (χ1n) is 6.19. The number of anilines is 2. The Bertz CT molecular complexity index is 675. The lowest BCUT2D eigenvalue weighted by atomic mass is 10.2. The zero-order valence-corrected chi connectivity index (χ0v) is 12.8. The van der Waals surface area contributed by atoms with Crippen molar-refractivity contribution < 1.29 is 9.53 Å². The van der Waals surface area contributed by atoms with Crippen LogP contribution in [-0.2, 0) is 4.79 Å². The fourth-order valence-corrected chi connectivity index (χ4v) is 1.97. The predicted octanol–water partition coefficient (Wildman–Crippen LogP) is 3.90. The van der Waals surface area contributed by atoms with Crippen LogP contribution in [0.5, 0.6) is 5.75 Å². The first kappa shape index (κ1) is 15.5. The molecule has 0 atom stereocenters. The fraction of sp³-hybridized carbons (Fsp3) is 0.133. The van der Waals surface area contributed by atoms with E-state index in [2.05, 4.69) is 5.32 Å². The molecule has 0 saturated heterocycles. The molecule has 0 heterocycles. The van der Waals surface area contributed by atoms with Crippen LogP contribution in [0.15, 0.2) is 36.4 Å². The molecule has 1 amide bonds. The van der Waals surface area contributed by atoms with Gasteiger partial charge in [0.1, 0.15) is 5.75 Å². The van der Waals surface area contributed by atoms with Crippen LogP contribution in [-0.4, -0.2) is 12.5 Å². The van der Waals surface area contributed by atoms with Gasteiger partial charge in [0.25, 0.3) is 5.91 Å². The standard InChI is InChI=1S/C15H14Cl2N2O2/c1-9-2-4-12(17)14(6-9)21-8-15(20)19-10-3-5-11(16)13(18)7-10/h2-7H,8,18H2,1H3,(H,19,20). The molecule has 0 bridgehead atoms. The second kappa shape index (κ2) is 6.70. The molecule has 0 saturated carbocycles. The summed E-state index contributed by atoms with van der Waals surface area (Å²) in [4.78, 5) is 11.8. The van der Waals surface area contributed by atoms with Crippen LogP contribution in [0.25, 0.3) is 0 Å². The smallest absolute Gasteiger partial charge is 0.262 e. The number of amides is 1. The molecule has 4 nitrogen and oxygen atoms in total. The van der Waals surface area contributed by atoms with Gasteiger partial charge in [-0.25, -0.2) is 0 Å². The summed E-state index contributed by atoms with van der Waals surface area (Å²) >= 11 is 11.8. The Labute approximate surface area is 132 Å². The SMILES string of the molecule is Cc1ccc(Cl)c(OCC(=O)Nc2ccc(Cl)c(N)c2)c1. The van der Waals surface area contributed by atoms with Crippen LogP contribution in [0.3, 0.4) is 0 Å². The molecule has 2 aromatic carbocycles. The quantitative estimate of drug-likeness (QED) is 0.838. The highest BCUT2D eigenvalue weighted by Gasteiger charge is 2.07. The van der Waals surface area contributed by atoms with Gasteiger partial charge in [0.2, 0.25) is 0 Å². The average Bonchev–Trinajstić information content (AvgIpc) is 2.44. The van der Waals surface area contributed by atoms with Gasteiger partial charge < -0.3 is 15.8 Å². The molecule has 0 radical (unpaired) electrons. The number of carbonyl (C=O) groups excluding carboxylic acids is 1. The molecule has 21 heavy (non-hydrogen) atoms. The number of aryl methyl sites for hydroxylation is 1. The minimum Gasteiger partial charge on any atom is -0.482 e. The van der Waals surface area contributed by atoms with Gasteiger partial charge in [0.15, 0.2) is 6.61 Å². The second-order valence-corrected chi connectivity index (χ2v) is 5.32. The summed E-state index contributed by atoms with van der Waals surface area (Å²) in [6.45, 7) is 1.77. The van der Waals surface area contributed by atoms with Crippen LogP contribution >= 0.6 is 23.2 Å². The third kappa shape index (κ3) is 4.28. The van der Waals surface area contributed by atoms with E-state index in [1.807, 2.05) is 13.0 Å². The molecule has 6 heteroatoms. The number of hydrogen-bond donors (Lipinski definition) is 2. The molecule has 2 aromatic rings. The Kier molecular flexibility index (Phi) is 4.94. The number of benzene rings is 2. The van der Waals surface area contributed by atoms with E-state index in [9.17, 15) is 4.79 Å². The van der Waals surface area contributed by atoms with Crippen molar-refractivity contribution in [3.05, 3.63) is 52.0 Å². The van der Waals surface area contributed by atoms with E-state index in [-0.39, 0.29) is 12.5 Å². The zero-order chi connectivity index (χ0) is 15.4. The van der Waals surface area contributed by atoms with Crippen molar-refractivity contribution in [1.82, 2.24) is 0 Å². The number of carbonyl (C=O) groups is 1. The lowest BCUT2D eigenvalue weighted by Crippen LogP contribution is -2.20. The van der Waals surface area contributed by atoms with Crippen molar-refractivity contribution in [2.75, 3.05) is 17.7 Å². The van der Waals surface area contributed by atoms with Crippen molar-refractivity contribution >= 4 is 40.5 Å². The van der Waals surface area contributed by atoms with E-state index in [4.69, 9.17) is 33.7 Å². The molecular formula is C15H14Cl2N2O2. The number of nitrogen functional groups attached to an aromatic ring is 1. The van der Waals surface area contributed by atoms with E-state index >= 15 is 0 Å². The Balaban J connectivity index is 1.95. The lowest BCUT2D eigenvalue weighted by molar-refractivity contribution is -0.118. The Morgan fingerprint density at radius 1 is 1.19 bits per heavy atom. The number of ether oxygens (including phenoxy) is 1. The van der Waals surface area contributed by atoms with Gasteiger partial charge in [-0.1, -0.05) is 29.3 Å². The van der Waals surface area contributed by atoms with Crippen molar-refractivity contribution in [1.29, 1.82) is 0 Å². The minimum atomic E-state index is -0.311. The molecule has 0 aliphatic heterocycles. The number of nitrogens with two attached hydrogens (primary N) is 1. The van der Waals surface area contributed by atoms with E-state index in [1.165, 1.54) is 0 Å². The van der Waals surface area contributed by atoms with Crippen molar-refractivity contribution in [2.45, 2.75) is 6.92 Å². The van der Waals surface area contributed by atoms with Gasteiger partial charge in [0, 0.05) is 5.69 Å². The summed E-state index contributed by atoms with van der Waals surface area (Å²) in [5, 5.41) is 3.57. The highest BCUT2D eigenvalue weighted by Crippen LogP contribution is 2.25. The first-order valence-corrected chi connectivity index (χ1v) is 6.95. The van der Waals surface area contributed by atoms with Crippen LogP contribution in [0.2, 0.25) is 10.0 Å². The Morgan fingerprint density at radius 3 is 2.62 bits per heavy atom. The van der Waals surface area contributed by atoms with Gasteiger partial charge >= 0.3 is 0 Å². The van der Waals surface area contributed by atoms with Crippen molar-refractivity contribution in [3.8, 4) is 5.75 Å². The van der Waals surface area contributed by atoms with Crippen LogP contribution in [0, 0.1) is 6.92 Å². The van der Waals surface area contributed by atoms with Gasteiger partial charge in [0.05, 0.1) is 15.7 Å². The van der Waals surface area contributed by atoms with Crippen LogP contribution in [0.1, 0.15) is 5.56 Å². The van der Waals surface area contributed by atoms with E-state index < -0.39 is 0 Å². The van der Waals surface area contributed by atoms with Crippen molar-refractivity contribution in [3.63, 3.8) is 0 Å². The number of halogens is 2. The molecule has 0 aromatic heterocycles. The molecule has 0 unspecified atom stereocenters. The summed E-state index contributed by atoms with van der Waals surface area (Å²) in [7, 11) is 0. The van der Waals surface area contributed by atoms with Gasteiger partial charge in [-0.05, 0) is 42.8 Å². The number of rotatable bonds is 4. The monoisotopic (exact) mass is 324 g/mol. The summed E-state index contributed by atoms with van der Waals surface area (Å²) < 4.78 is 5.40. The largest absolute Gasteiger partial charge is 0.482 e. The molecule has 3 N–H and O–H groups in total. The number of hydrogen-bond acceptors (Lipinski definition) is 3. The second-order valence-electron chi connectivity index (χ2n) is 4.51. The van der Waals surface area contributed by atoms with E-state index in [0.717, 1.165) is 5.56 Å². The molecule has 0 aliphatic rings. The molecule has 0 fully saturated rings. The predicted molar refractivity (Wildman–Crippen MR) is 86.2 cm³/mol. The zero-order valence-electron chi connectivity index (χ0n) is 11.3. The van der Waals surface area contributed by atoms with Crippen LogP contribution in [0.4, 0.5) is 11.4 Å².